The minimum atomic E-state index is -0.630. The van der Waals surface area contributed by atoms with E-state index < -0.39 is 5.54 Å². The topological polar surface area (TPSA) is 50.4 Å². The van der Waals surface area contributed by atoms with Crippen molar-refractivity contribution < 1.29 is 9.53 Å². The lowest BCUT2D eigenvalue weighted by Gasteiger charge is -2.25. The number of hydrogen-bond acceptors (Lipinski definition) is 3. The monoisotopic (exact) mass is 392 g/mol. The molecule has 0 saturated heterocycles. The molecule has 0 saturated carbocycles. The van der Waals surface area contributed by atoms with Gasteiger partial charge in [-0.2, -0.15) is 0 Å². The molecule has 1 rings (SSSR count). The standard InChI is InChI=1S/C13H18Br2N2O2/c1-5-16-13(2,3)12(18)17-10-7-11(19-4)9(15)6-8(10)14/h6-7,16H,5H2,1-4H3,(H,17,18). The van der Waals surface area contributed by atoms with E-state index >= 15 is 0 Å². The van der Waals surface area contributed by atoms with E-state index in [1.165, 1.54) is 0 Å². The van der Waals surface area contributed by atoms with E-state index in [0.717, 1.165) is 15.5 Å². The molecule has 0 bridgehead atoms. The smallest absolute Gasteiger partial charge is 0.244 e. The molecule has 0 fully saturated rings. The second-order valence-electron chi connectivity index (χ2n) is 4.58. The SMILES string of the molecule is CCNC(C)(C)C(=O)Nc1cc(OC)c(Br)cc1Br. The summed E-state index contributed by atoms with van der Waals surface area (Å²) < 4.78 is 6.84. The highest BCUT2D eigenvalue weighted by atomic mass is 79.9. The number of carbonyl (C=O) groups excluding carboxylic acids is 1. The van der Waals surface area contributed by atoms with Crippen molar-refractivity contribution in [1.29, 1.82) is 0 Å². The Labute approximate surface area is 130 Å². The Morgan fingerprint density at radius 2 is 1.95 bits per heavy atom. The van der Waals surface area contributed by atoms with Crippen LogP contribution >= 0.6 is 31.9 Å². The third kappa shape index (κ3) is 4.19. The number of ether oxygens (including phenoxy) is 1. The summed E-state index contributed by atoms with van der Waals surface area (Å²) in [4.78, 5) is 12.2. The number of benzene rings is 1. The Kier molecular flexibility index (Phi) is 5.82. The van der Waals surface area contributed by atoms with Crippen LogP contribution in [0.15, 0.2) is 21.1 Å². The molecule has 1 aromatic carbocycles. The quantitative estimate of drug-likeness (QED) is 0.804. The number of rotatable bonds is 5. The average molecular weight is 394 g/mol. The number of methoxy groups -OCH3 is 1. The van der Waals surface area contributed by atoms with Gasteiger partial charge in [0.25, 0.3) is 0 Å². The van der Waals surface area contributed by atoms with E-state index in [-0.39, 0.29) is 5.91 Å². The summed E-state index contributed by atoms with van der Waals surface area (Å²) in [6, 6.07) is 3.61. The van der Waals surface area contributed by atoms with E-state index in [1.54, 1.807) is 13.2 Å². The van der Waals surface area contributed by atoms with Crippen LogP contribution in [0.2, 0.25) is 0 Å². The van der Waals surface area contributed by atoms with E-state index in [9.17, 15) is 4.79 Å². The van der Waals surface area contributed by atoms with Crippen molar-refractivity contribution in [3.63, 3.8) is 0 Å². The van der Waals surface area contributed by atoms with Crippen LogP contribution in [-0.2, 0) is 4.79 Å². The number of carbonyl (C=O) groups is 1. The zero-order valence-corrected chi connectivity index (χ0v) is 14.6. The third-order valence-electron chi connectivity index (χ3n) is 2.68. The number of likely N-dealkylation sites (N-methyl/N-ethyl adjacent to an activating group) is 1. The zero-order chi connectivity index (χ0) is 14.6. The minimum absolute atomic E-state index is 0.0978. The summed E-state index contributed by atoms with van der Waals surface area (Å²) >= 11 is 6.82. The Balaban J connectivity index is 2.97. The number of hydrogen-bond donors (Lipinski definition) is 2. The van der Waals surface area contributed by atoms with Gasteiger partial charge in [0.15, 0.2) is 0 Å². The first-order valence-corrected chi connectivity index (χ1v) is 7.50. The number of amides is 1. The van der Waals surface area contributed by atoms with Gasteiger partial charge in [-0.3, -0.25) is 4.79 Å². The summed E-state index contributed by atoms with van der Waals surface area (Å²) in [6.07, 6.45) is 0. The van der Waals surface area contributed by atoms with Crippen LogP contribution in [0.1, 0.15) is 20.8 Å². The van der Waals surface area contributed by atoms with Gasteiger partial charge in [-0.25, -0.2) is 0 Å². The van der Waals surface area contributed by atoms with Crippen molar-refractivity contribution in [2.75, 3.05) is 19.0 Å². The predicted molar refractivity (Wildman–Crippen MR) is 84.8 cm³/mol. The molecule has 0 aliphatic rings. The van der Waals surface area contributed by atoms with Gasteiger partial charge in [-0.05, 0) is 58.3 Å². The van der Waals surface area contributed by atoms with Gasteiger partial charge in [0.2, 0.25) is 5.91 Å². The van der Waals surface area contributed by atoms with Crippen molar-refractivity contribution >= 4 is 43.5 Å². The molecule has 4 nitrogen and oxygen atoms in total. The Bertz CT molecular complexity index is 476. The predicted octanol–water partition coefficient (Wildman–Crippen LogP) is 3.55. The molecule has 19 heavy (non-hydrogen) atoms. The van der Waals surface area contributed by atoms with Crippen molar-refractivity contribution in [3.8, 4) is 5.75 Å². The van der Waals surface area contributed by atoms with Gasteiger partial charge in [-0.15, -0.1) is 0 Å². The summed E-state index contributed by atoms with van der Waals surface area (Å²) in [5, 5.41) is 6.02. The van der Waals surface area contributed by atoms with Crippen molar-refractivity contribution in [2.45, 2.75) is 26.3 Å². The lowest BCUT2D eigenvalue weighted by molar-refractivity contribution is -0.121. The summed E-state index contributed by atoms with van der Waals surface area (Å²) in [7, 11) is 1.59. The Morgan fingerprint density at radius 3 is 2.47 bits per heavy atom. The van der Waals surface area contributed by atoms with Gasteiger partial charge in [0, 0.05) is 10.5 Å². The summed E-state index contributed by atoms with van der Waals surface area (Å²) in [5.41, 5.74) is 0.0464. The highest BCUT2D eigenvalue weighted by Crippen LogP contribution is 2.34. The molecule has 1 amide bonds. The van der Waals surface area contributed by atoms with E-state index in [4.69, 9.17) is 4.74 Å². The average Bonchev–Trinajstić information content (AvgIpc) is 2.32. The lowest BCUT2D eigenvalue weighted by Crippen LogP contribution is -2.49. The highest BCUT2D eigenvalue weighted by Gasteiger charge is 2.26. The third-order valence-corrected chi connectivity index (χ3v) is 3.95. The molecule has 0 heterocycles. The molecule has 1 aromatic rings. The zero-order valence-electron chi connectivity index (χ0n) is 11.4. The second-order valence-corrected chi connectivity index (χ2v) is 6.28. The van der Waals surface area contributed by atoms with Crippen LogP contribution in [0.5, 0.6) is 5.75 Å². The highest BCUT2D eigenvalue weighted by molar-refractivity contribution is 9.11. The number of halogens is 2. The van der Waals surface area contributed by atoms with Crippen LogP contribution in [-0.4, -0.2) is 25.1 Å². The maximum Gasteiger partial charge on any atom is 0.244 e. The molecule has 0 aliphatic carbocycles. The van der Waals surface area contributed by atoms with E-state index in [1.807, 2.05) is 26.8 Å². The Hall–Kier alpha value is -0.590. The number of anilines is 1. The van der Waals surface area contributed by atoms with Gasteiger partial charge < -0.3 is 15.4 Å². The second kappa shape index (κ2) is 6.72. The van der Waals surface area contributed by atoms with Crippen molar-refractivity contribution in [3.05, 3.63) is 21.1 Å². The fraction of sp³-hybridized carbons (Fsp3) is 0.462. The molecule has 0 unspecified atom stereocenters. The first-order valence-electron chi connectivity index (χ1n) is 5.91. The fourth-order valence-electron chi connectivity index (χ4n) is 1.58. The molecule has 0 atom stereocenters. The largest absolute Gasteiger partial charge is 0.495 e. The molecule has 0 aliphatic heterocycles. The van der Waals surface area contributed by atoms with Gasteiger partial charge in [-0.1, -0.05) is 6.92 Å². The molecule has 0 aromatic heterocycles. The van der Waals surface area contributed by atoms with Crippen LogP contribution < -0.4 is 15.4 Å². The Morgan fingerprint density at radius 1 is 1.32 bits per heavy atom. The number of nitrogens with one attached hydrogen (secondary N) is 2. The molecule has 0 spiro atoms. The lowest BCUT2D eigenvalue weighted by atomic mass is 10.0. The molecular weight excluding hydrogens is 376 g/mol. The van der Waals surface area contributed by atoms with Gasteiger partial charge in [0.05, 0.1) is 22.8 Å². The van der Waals surface area contributed by atoms with E-state index in [2.05, 4.69) is 42.5 Å². The first kappa shape index (κ1) is 16.5. The molecule has 2 N–H and O–H groups in total. The van der Waals surface area contributed by atoms with Crippen LogP contribution in [0.4, 0.5) is 5.69 Å². The fourth-order valence-corrected chi connectivity index (χ4v) is 2.84. The first-order chi connectivity index (χ1) is 8.81. The van der Waals surface area contributed by atoms with Gasteiger partial charge >= 0.3 is 0 Å². The molecular formula is C13H18Br2N2O2. The van der Waals surface area contributed by atoms with Crippen LogP contribution in [0.3, 0.4) is 0 Å². The maximum absolute atomic E-state index is 12.2. The van der Waals surface area contributed by atoms with Crippen molar-refractivity contribution in [2.24, 2.45) is 0 Å². The summed E-state index contributed by atoms with van der Waals surface area (Å²) in [6.45, 7) is 6.38. The van der Waals surface area contributed by atoms with E-state index in [0.29, 0.717) is 11.4 Å². The molecule has 106 valence electrons. The van der Waals surface area contributed by atoms with Crippen LogP contribution in [0, 0.1) is 0 Å². The normalized spacial score (nSPS) is 11.3. The van der Waals surface area contributed by atoms with Crippen molar-refractivity contribution in [1.82, 2.24) is 5.32 Å². The van der Waals surface area contributed by atoms with Crippen LogP contribution in [0.25, 0.3) is 0 Å². The molecule has 0 radical (unpaired) electrons. The maximum atomic E-state index is 12.2. The van der Waals surface area contributed by atoms with Gasteiger partial charge in [0.1, 0.15) is 5.75 Å². The summed E-state index contributed by atoms with van der Waals surface area (Å²) in [5.74, 6) is 0.569. The minimum Gasteiger partial charge on any atom is -0.495 e. The molecule has 6 heteroatoms.